The molecule has 2 aromatic carbocycles. The van der Waals surface area contributed by atoms with Crippen molar-refractivity contribution in [2.75, 3.05) is 43.0 Å². The van der Waals surface area contributed by atoms with Crippen LogP contribution in [0.25, 0.3) is 10.9 Å². The number of hydrogen-bond acceptors (Lipinski definition) is 6. The Bertz CT molecular complexity index is 1290. The average Bonchev–Trinajstić information content (AvgIpc) is 3.08. The van der Waals surface area contributed by atoms with E-state index in [9.17, 15) is 9.18 Å². The number of halogens is 2. The van der Waals surface area contributed by atoms with Crippen LogP contribution >= 0.6 is 11.6 Å². The molecule has 0 radical (unpaired) electrons. The Labute approximate surface area is 214 Å². The summed E-state index contributed by atoms with van der Waals surface area (Å²) in [5, 5.41) is 3.92. The van der Waals surface area contributed by atoms with Gasteiger partial charge in [-0.3, -0.25) is 9.69 Å². The molecule has 1 saturated heterocycles. The molecular weight excluding hydrogens is 481 g/mol. The van der Waals surface area contributed by atoms with Gasteiger partial charge in [0.25, 0.3) is 5.91 Å². The van der Waals surface area contributed by atoms with Crippen LogP contribution < -0.4 is 15.0 Å². The largest absolute Gasteiger partial charge is 0.491 e. The van der Waals surface area contributed by atoms with Crippen LogP contribution in [-0.4, -0.2) is 53.6 Å². The third-order valence-corrected chi connectivity index (χ3v) is 7.03. The molecule has 0 bridgehead atoms. The smallest absolute Gasteiger partial charge is 0.250 e. The molecule has 0 saturated carbocycles. The number of nitrogens with one attached hydrogen (secondary N) is 1. The van der Waals surface area contributed by atoms with E-state index in [1.54, 1.807) is 17.0 Å². The van der Waals surface area contributed by atoms with Crippen molar-refractivity contribution in [1.29, 1.82) is 0 Å². The number of fused-ring (bicyclic) bond motifs is 2. The Morgan fingerprint density at radius 3 is 2.86 bits per heavy atom. The third kappa shape index (κ3) is 5.44. The molecule has 2 aliphatic heterocycles. The van der Waals surface area contributed by atoms with Gasteiger partial charge in [-0.1, -0.05) is 24.6 Å². The molecular formula is C27H29ClFN5O2. The van der Waals surface area contributed by atoms with Gasteiger partial charge in [0, 0.05) is 36.3 Å². The number of hydrogen-bond donors (Lipinski definition) is 1. The number of likely N-dealkylation sites (tertiary alicyclic amines) is 1. The van der Waals surface area contributed by atoms with E-state index in [0.717, 1.165) is 32.0 Å². The molecule has 0 atom stereocenters. The summed E-state index contributed by atoms with van der Waals surface area (Å²) in [5.74, 6) is 1.34. The highest BCUT2D eigenvalue weighted by atomic mass is 35.5. The molecule has 1 aromatic heterocycles. The van der Waals surface area contributed by atoms with Crippen LogP contribution in [0.2, 0.25) is 5.02 Å². The molecule has 2 aliphatic rings. The lowest BCUT2D eigenvalue weighted by molar-refractivity contribution is -0.114. The molecule has 1 fully saturated rings. The zero-order valence-corrected chi connectivity index (χ0v) is 21.0. The van der Waals surface area contributed by atoms with E-state index in [4.69, 9.17) is 16.3 Å². The lowest BCUT2D eigenvalue weighted by atomic mass is 9.99. The fourth-order valence-electron chi connectivity index (χ4n) is 4.60. The van der Waals surface area contributed by atoms with E-state index in [0.29, 0.717) is 47.0 Å². The number of amides is 1. The number of rotatable bonds is 5. The second kappa shape index (κ2) is 10.8. The van der Waals surface area contributed by atoms with Crippen molar-refractivity contribution in [3.8, 4) is 5.75 Å². The van der Waals surface area contributed by atoms with E-state index < -0.39 is 5.82 Å². The SMILES string of the molecule is CC1CCN(CC=CC(=O)N2CCCOc3cc4ncnc(Nc5ccc(F)c(Cl)c5)c4cc32)CC1. The Balaban J connectivity index is 1.41. The van der Waals surface area contributed by atoms with Gasteiger partial charge in [0.15, 0.2) is 0 Å². The van der Waals surface area contributed by atoms with Crippen LogP contribution in [0.3, 0.4) is 0 Å². The predicted molar refractivity (Wildman–Crippen MR) is 141 cm³/mol. The zero-order valence-electron chi connectivity index (χ0n) is 20.2. The van der Waals surface area contributed by atoms with Crippen LogP contribution in [-0.2, 0) is 4.79 Å². The first-order chi connectivity index (χ1) is 17.5. The summed E-state index contributed by atoms with van der Waals surface area (Å²) in [6.07, 6.45) is 8.20. The minimum absolute atomic E-state index is 0.0169. The van der Waals surface area contributed by atoms with Gasteiger partial charge >= 0.3 is 0 Å². The van der Waals surface area contributed by atoms with E-state index in [1.165, 1.54) is 31.3 Å². The topological polar surface area (TPSA) is 70.6 Å². The van der Waals surface area contributed by atoms with Crippen molar-refractivity contribution < 1.29 is 13.9 Å². The van der Waals surface area contributed by atoms with E-state index in [2.05, 4.69) is 27.1 Å². The van der Waals surface area contributed by atoms with Crippen molar-refractivity contribution in [2.24, 2.45) is 5.92 Å². The highest BCUT2D eigenvalue weighted by Gasteiger charge is 2.23. The standard InChI is InChI=1S/C27H29ClFN5O2/c1-18-7-11-33(12-8-18)9-2-4-26(35)34-10-3-13-36-25-16-23-20(15-24(25)34)27(31-17-30-23)32-19-5-6-22(29)21(28)14-19/h2,4-6,14-18H,3,7-13H2,1H3,(H,30,31,32). The van der Waals surface area contributed by atoms with Crippen molar-refractivity contribution in [3.63, 3.8) is 0 Å². The molecule has 0 aliphatic carbocycles. The average molecular weight is 510 g/mol. The van der Waals surface area contributed by atoms with Crippen LogP contribution in [0.5, 0.6) is 5.75 Å². The van der Waals surface area contributed by atoms with Crippen LogP contribution in [0.1, 0.15) is 26.2 Å². The van der Waals surface area contributed by atoms with Crippen LogP contribution in [0.15, 0.2) is 48.8 Å². The summed E-state index contributed by atoms with van der Waals surface area (Å²) in [7, 11) is 0. The molecule has 1 amide bonds. The first kappa shape index (κ1) is 24.5. The summed E-state index contributed by atoms with van der Waals surface area (Å²) in [6.45, 7) is 6.27. The molecule has 0 spiro atoms. The highest BCUT2D eigenvalue weighted by molar-refractivity contribution is 6.31. The Kier molecular flexibility index (Phi) is 7.34. The number of ether oxygens (including phenoxy) is 1. The maximum absolute atomic E-state index is 13.6. The lowest BCUT2D eigenvalue weighted by Crippen LogP contribution is -2.33. The monoisotopic (exact) mass is 509 g/mol. The van der Waals surface area contributed by atoms with Crippen LogP contribution in [0.4, 0.5) is 21.6 Å². The van der Waals surface area contributed by atoms with Gasteiger partial charge in [-0.25, -0.2) is 14.4 Å². The molecule has 5 rings (SSSR count). The maximum atomic E-state index is 13.6. The number of carbonyl (C=O) groups is 1. The van der Waals surface area contributed by atoms with E-state index in [1.807, 2.05) is 18.2 Å². The summed E-state index contributed by atoms with van der Waals surface area (Å²) >= 11 is 5.94. The van der Waals surface area contributed by atoms with Gasteiger partial charge in [0.05, 0.1) is 22.8 Å². The molecule has 36 heavy (non-hydrogen) atoms. The van der Waals surface area contributed by atoms with Gasteiger partial charge in [0.2, 0.25) is 0 Å². The predicted octanol–water partition coefficient (Wildman–Crippen LogP) is 5.57. The number of nitrogens with zero attached hydrogens (tertiary/aromatic N) is 4. The highest BCUT2D eigenvalue weighted by Crippen LogP contribution is 2.37. The normalized spacial score (nSPS) is 17.1. The Morgan fingerprint density at radius 2 is 2.06 bits per heavy atom. The molecule has 7 nitrogen and oxygen atoms in total. The van der Waals surface area contributed by atoms with Gasteiger partial charge < -0.3 is 15.0 Å². The van der Waals surface area contributed by atoms with Crippen molar-refractivity contribution in [1.82, 2.24) is 14.9 Å². The number of aromatic nitrogens is 2. The quantitative estimate of drug-likeness (QED) is 0.453. The fourth-order valence-corrected chi connectivity index (χ4v) is 4.78. The van der Waals surface area contributed by atoms with Crippen LogP contribution in [0, 0.1) is 11.7 Å². The van der Waals surface area contributed by atoms with Crippen molar-refractivity contribution >= 4 is 45.6 Å². The number of anilines is 3. The first-order valence-corrected chi connectivity index (χ1v) is 12.7. The molecule has 9 heteroatoms. The van der Waals surface area contributed by atoms with Crippen molar-refractivity contribution in [2.45, 2.75) is 26.2 Å². The minimum atomic E-state index is -0.491. The summed E-state index contributed by atoms with van der Waals surface area (Å²) in [5.41, 5.74) is 1.94. The second-order valence-corrected chi connectivity index (χ2v) is 9.80. The maximum Gasteiger partial charge on any atom is 0.250 e. The Morgan fingerprint density at radius 1 is 1.22 bits per heavy atom. The summed E-state index contributed by atoms with van der Waals surface area (Å²) in [4.78, 5) is 26.2. The van der Waals surface area contributed by atoms with Gasteiger partial charge in [-0.15, -0.1) is 0 Å². The lowest BCUT2D eigenvalue weighted by Gasteiger charge is -2.29. The van der Waals surface area contributed by atoms with Gasteiger partial charge in [-0.05, 0) is 62.5 Å². The van der Waals surface area contributed by atoms with Gasteiger partial charge in [-0.2, -0.15) is 0 Å². The first-order valence-electron chi connectivity index (χ1n) is 12.3. The fraction of sp³-hybridized carbons (Fsp3) is 0.370. The number of piperidine rings is 1. The van der Waals surface area contributed by atoms with Crippen molar-refractivity contribution in [3.05, 3.63) is 59.7 Å². The molecule has 0 unspecified atom stereocenters. The zero-order chi connectivity index (χ0) is 25.1. The number of benzene rings is 2. The third-order valence-electron chi connectivity index (χ3n) is 6.74. The second-order valence-electron chi connectivity index (χ2n) is 9.39. The summed E-state index contributed by atoms with van der Waals surface area (Å²) < 4.78 is 19.6. The molecule has 3 aromatic rings. The molecule has 3 heterocycles. The minimum Gasteiger partial charge on any atom is -0.491 e. The summed E-state index contributed by atoms with van der Waals surface area (Å²) in [6, 6.07) is 8.10. The van der Waals surface area contributed by atoms with E-state index in [-0.39, 0.29) is 10.9 Å². The number of carbonyl (C=O) groups excluding carboxylic acids is 1. The van der Waals surface area contributed by atoms with Gasteiger partial charge in [0.1, 0.15) is 23.7 Å². The molecule has 1 N–H and O–H groups in total. The molecule has 188 valence electrons. The van der Waals surface area contributed by atoms with E-state index >= 15 is 0 Å². The Hall–Kier alpha value is -3.23.